The minimum atomic E-state index is -2.85. The van der Waals surface area contributed by atoms with Crippen molar-refractivity contribution in [3.63, 3.8) is 0 Å². The standard InChI is InChI=1S/C16H15O3P.Mg.2H/c1-10-9-11(2)15(16(17)20(18)19)12(3)14(10)13-7-5-4-6-8-13;;;/h4-9H,1-3H3;;;/q;+2;2*-1/p+1. The third kappa shape index (κ3) is 3.58. The zero-order valence-electron chi connectivity index (χ0n) is 14.4. The smallest absolute Gasteiger partial charge is 1.00 e. The van der Waals surface area contributed by atoms with Gasteiger partial charge in [-0.1, -0.05) is 36.4 Å². The second-order valence-corrected chi connectivity index (χ2v) is 5.78. The molecule has 1 N–H and O–H groups in total. The van der Waals surface area contributed by atoms with Crippen molar-refractivity contribution in [2.75, 3.05) is 0 Å². The molecule has 0 aliphatic rings. The van der Waals surface area contributed by atoms with E-state index in [0.29, 0.717) is 5.56 Å². The molecule has 0 spiro atoms. The Morgan fingerprint density at radius 2 is 1.67 bits per heavy atom. The van der Waals surface area contributed by atoms with Crippen molar-refractivity contribution < 1.29 is 17.1 Å². The van der Waals surface area contributed by atoms with E-state index in [4.69, 9.17) is 4.89 Å². The SMILES string of the molecule is Cc1cc(C)c(-c2ccccc2)c(C)c1C(=O)[P+](=O)O.[H-].[H-].[Mg+2]. The molecule has 1 unspecified atom stereocenters. The second kappa shape index (κ2) is 7.28. The topological polar surface area (TPSA) is 54.4 Å². The summed E-state index contributed by atoms with van der Waals surface area (Å²) in [4.78, 5) is 21.1. The van der Waals surface area contributed by atoms with Crippen LogP contribution in [0.25, 0.3) is 11.1 Å². The van der Waals surface area contributed by atoms with E-state index in [9.17, 15) is 9.36 Å². The van der Waals surface area contributed by atoms with E-state index in [1.807, 2.05) is 50.2 Å². The summed E-state index contributed by atoms with van der Waals surface area (Å²) >= 11 is 0. The van der Waals surface area contributed by atoms with Crippen LogP contribution in [0.3, 0.4) is 0 Å². The van der Waals surface area contributed by atoms with Gasteiger partial charge in [-0.2, -0.15) is 4.89 Å². The van der Waals surface area contributed by atoms with Gasteiger partial charge in [0.15, 0.2) is 0 Å². The summed E-state index contributed by atoms with van der Waals surface area (Å²) in [5.41, 5.74) is 4.17. The number of hydrogen-bond acceptors (Lipinski definition) is 2. The van der Waals surface area contributed by atoms with Crippen LogP contribution in [0.15, 0.2) is 36.4 Å². The van der Waals surface area contributed by atoms with E-state index >= 15 is 0 Å². The van der Waals surface area contributed by atoms with Crippen molar-refractivity contribution in [3.8, 4) is 11.1 Å². The predicted molar refractivity (Wildman–Crippen MR) is 88.2 cm³/mol. The van der Waals surface area contributed by atoms with Gasteiger partial charge in [-0.3, -0.25) is 0 Å². The van der Waals surface area contributed by atoms with Crippen molar-refractivity contribution >= 4 is 36.6 Å². The fourth-order valence-electron chi connectivity index (χ4n) is 2.66. The van der Waals surface area contributed by atoms with Gasteiger partial charge in [0.1, 0.15) is 0 Å². The summed E-state index contributed by atoms with van der Waals surface area (Å²) in [7, 11) is -2.85. The van der Waals surface area contributed by atoms with E-state index in [0.717, 1.165) is 27.8 Å². The van der Waals surface area contributed by atoms with Crippen molar-refractivity contribution in [1.29, 1.82) is 0 Å². The van der Waals surface area contributed by atoms with E-state index in [2.05, 4.69) is 0 Å². The molecule has 0 radical (unpaired) electrons. The van der Waals surface area contributed by atoms with Crippen LogP contribution in [-0.4, -0.2) is 33.5 Å². The largest absolute Gasteiger partial charge is 2.00 e. The fourth-order valence-corrected chi connectivity index (χ4v) is 3.19. The molecule has 106 valence electrons. The van der Waals surface area contributed by atoms with Gasteiger partial charge >= 0.3 is 36.6 Å². The number of benzene rings is 2. The molecule has 0 aliphatic heterocycles. The number of aryl methyl sites for hydroxylation is 2. The molecule has 5 heteroatoms. The average molecular weight is 314 g/mol. The second-order valence-electron chi connectivity index (χ2n) is 4.83. The zero-order chi connectivity index (χ0) is 14.9. The molecule has 0 aliphatic carbocycles. The number of hydrogen-bond donors (Lipinski definition) is 1. The first-order chi connectivity index (χ1) is 9.43. The first kappa shape index (κ1) is 18.0. The Balaban J connectivity index is 0. The van der Waals surface area contributed by atoms with E-state index < -0.39 is 13.6 Å². The maximum absolute atomic E-state index is 11.9. The number of rotatable bonds is 3. The Hall–Kier alpha value is -1.06. The molecule has 3 nitrogen and oxygen atoms in total. The zero-order valence-corrected chi connectivity index (χ0v) is 14.7. The Kier molecular flexibility index (Phi) is 6.23. The third-order valence-electron chi connectivity index (χ3n) is 3.42. The van der Waals surface area contributed by atoms with Crippen molar-refractivity contribution in [2.24, 2.45) is 0 Å². The molecule has 2 rings (SSSR count). The van der Waals surface area contributed by atoms with Gasteiger partial charge in [-0.15, -0.1) is 0 Å². The Morgan fingerprint density at radius 1 is 1.10 bits per heavy atom. The Morgan fingerprint density at radius 3 is 2.19 bits per heavy atom. The van der Waals surface area contributed by atoms with Crippen LogP contribution in [0, 0.1) is 20.8 Å². The molecule has 0 amide bonds. The quantitative estimate of drug-likeness (QED) is 0.688. The minimum Gasteiger partial charge on any atom is -1.00 e. The van der Waals surface area contributed by atoms with E-state index in [1.165, 1.54) is 0 Å². The van der Waals surface area contributed by atoms with Crippen LogP contribution in [0.4, 0.5) is 0 Å². The summed E-state index contributed by atoms with van der Waals surface area (Å²) in [6.07, 6.45) is 0. The van der Waals surface area contributed by atoms with Crippen LogP contribution < -0.4 is 0 Å². The molecule has 0 saturated heterocycles. The summed E-state index contributed by atoms with van der Waals surface area (Å²) in [6.45, 7) is 5.60. The van der Waals surface area contributed by atoms with Crippen LogP contribution in [0.1, 0.15) is 29.9 Å². The van der Waals surface area contributed by atoms with Gasteiger partial charge in [0, 0.05) is 0 Å². The van der Waals surface area contributed by atoms with Crippen LogP contribution in [0.5, 0.6) is 0 Å². The molecule has 0 aromatic heterocycles. The average Bonchev–Trinajstić information content (AvgIpc) is 2.39. The molecule has 0 saturated carbocycles. The minimum absolute atomic E-state index is 0. The van der Waals surface area contributed by atoms with Crippen LogP contribution >= 0.6 is 8.03 Å². The van der Waals surface area contributed by atoms with Crippen molar-refractivity contribution in [1.82, 2.24) is 0 Å². The van der Waals surface area contributed by atoms with Crippen molar-refractivity contribution in [2.45, 2.75) is 20.8 Å². The molecule has 0 fully saturated rings. The van der Waals surface area contributed by atoms with Crippen LogP contribution in [-0.2, 0) is 4.57 Å². The number of carbonyl (C=O) groups is 1. The summed E-state index contributed by atoms with van der Waals surface area (Å²) in [6, 6.07) is 11.6. The molecule has 21 heavy (non-hydrogen) atoms. The van der Waals surface area contributed by atoms with Gasteiger partial charge in [-0.25, -0.2) is 4.79 Å². The van der Waals surface area contributed by atoms with Gasteiger partial charge in [0.2, 0.25) is 0 Å². The summed E-state index contributed by atoms with van der Waals surface area (Å²) < 4.78 is 11.1. The van der Waals surface area contributed by atoms with E-state index in [-0.39, 0.29) is 25.9 Å². The predicted octanol–water partition coefficient (Wildman–Crippen LogP) is 4.00. The summed E-state index contributed by atoms with van der Waals surface area (Å²) in [5, 5.41) is 0. The third-order valence-corrected chi connectivity index (χ3v) is 3.99. The molecule has 0 bridgehead atoms. The van der Waals surface area contributed by atoms with Gasteiger partial charge < -0.3 is 2.85 Å². The molecule has 2 aromatic rings. The summed E-state index contributed by atoms with van der Waals surface area (Å²) in [5.74, 6) is 0. The maximum atomic E-state index is 11.9. The van der Waals surface area contributed by atoms with Crippen LogP contribution in [0.2, 0.25) is 0 Å². The first-order valence-electron chi connectivity index (χ1n) is 6.30. The first-order valence-corrected chi connectivity index (χ1v) is 7.51. The van der Waals surface area contributed by atoms with Gasteiger partial charge in [0.05, 0.1) is 5.56 Å². The molecular formula is C16H18MgO3P+. The van der Waals surface area contributed by atoms with Gasteiger partial charge in [0.25, 0.3) is 0 Å². The van der Waals surface area contributed by atoms with Gasteiger partial charge in [-0.05, 0) is 53.2 Å². The monoisotopic (exact) mass is 313 g/mol. The Bertz CT molecular complexity index is 706. The normalized spacial score (nSPS) is 10.8. The van der Waals surface area contributed by atoms with E-state index in [1.54, 1.807) is 6.92 Å². The molecule has 2 aromatic carbocycles. The Labute approximate surface area is 144 Å². The molecule has 0 heterocycles. The fraction of sp³-hybridized carbons (Fsp3) is 0.188. The molecule has 1 atom stereocenters. The molecular weight excluding hydrogens is 295 g/mol. The number of carbonyl (C=O) groups excluding carboxylic acids is 1. The maximum Gasteiger partial charge on any atom is 2.00 e. The van der Waals surface area contributed by atoms with Crippen molar-refractivity contribution in [3.05, 3.63) is 58.7 Å².